The van der Waals surface area contributed by atoms with Gasteiger partial charge in [-0.2, -0.15) is 13.2 Å². The second-order valence-corrected chi connectivity index (χ2v) is 3.86. The molecule has 1 rings (SSSR count). The molecule has 1 aromatic rings. The minimum atomic E-state index is -4.81. The van der Waals surface area contributed by atoms with E-state index in [1.54, 1.807) is 0 Å². The van der Waals surface area contributed by atoms with Gasteiger partial charge in [0.1, 0.15) is 17.4 Å². The van der Waals surface area contributed by atoms with E-state index >= 15 is 0 Å². The molecule has 0 aliphatic carbocycles. The Hall–Kier alpha value is -1.70. The number of esters is 1. The topological polar surface area (TPSA) is 38.3 Å². The normalized spacial score (nSPS) is 11.0. The van der Waals surface area contributed by atoms with Crippen LogP contribution in [0.15, 0.2) is 18.2 Å². The van der Waals surface area contributed by atoms with Crippen molar-refractivity contribution in [3.05, 3.63) is 35.1 Å². The van der Waals surface area contributed by atoms with Crippen LogP contribution in [0.2, 0.25) is 0 Å². The Balaban J connectivity index is 2.90. The molecule has 0 saturated heterocycles. The molecule has 0 heterocycles. The van der Waals surface area contributed by atoms with Gasteiger partial charge in [0.15, 0.2) is 0 Å². The highest BCUT2D eigenvalue weighted by atomic mass is 32.1. The lowest BCUT2D eigenvalue weighted by Crippen LogP contribution is -2.29. The van der Waals surface area contributed by atoms with Crippen LogP contribution in [0.3, 0.4) is 0 Å². The minimum absolute atomic E-state index is 0.0346. The van der Waals surface area contributed by atoms with Gasteiger partial charge in [-0.25, -0.2) is 4.39 Å². The molecular formula is C11H9F4NO2S. The van der Waals surface area contributed by atoms with Gasteiger partial charge in [-0.1, -0.05) is 12.2 Å². The van der Waals surface area contributed by atoms with Crippen molar-refractivity contribution in [2.75, 3.05) is 13.7 Å². The van der Waals surface area contributed by atoms with Gasteiger partial charge >= 0.3 is 12.1 Å². The average molecular weight is 295 g/mol. The molecule has 1 aromatic carbocycles. The molecule has 8 heteroatoms. The molecule has 0 aliphatic rings. The molecule has 0 radical (unpaired) electrons. The minimum Gasteiger partial charge on any atom is -0.468 e. The Labute approximate surface area is 111 Å². The monoisotopic (exact) mass is 295 g/mol. The second kappa shape index (κ2) is 5.96. The molecule has 0 spiro atoms. The molecule has 0 fully saturated rings. The smallest absolute Gasteiger partial charge is 0.419 e. The van der Waals surface area contributed by atoms with Crippen LogP contribution in [-0.4, -0.2) is 24.6 Å². The van der Waals surface area contributed by atoms with Crippen LogP contribution in [0.4, 0.5) is 17.6 Å². The summed E-state index contributed by atoms with van der Waals surface area (Å²) in [5, 5.41) is 2.41. The molecule has 0 saturated carbocycles. The van der Waals surface area contributed by atoms with Gasteiger partial charge in [0.05, 0.1) is 12.7 Å². The molecule has 3 nitrogen and oxygen atoms in total. The number of methoxy groups -OCH3 is 1. The number of alkyl halides is 3. The zero-order chi connectivity index (χ0) is 14.6. The molecule has 0 atom stereocenters. The highest BCUT2D eigenvalue weighted by molar-refractivity contribution is 7.80. The average Bonchev–Trinajstić information content (AvgIpc) is 2.34. The van der Waals surface area contributed by atoms with Crippen molar-refractivity contribution in [3.8, 4) is 0 Å². The van der Waals surface area contributed by atoms with Crippen molar-refractivity contribution in [1.29, 1.82) is 0 Å². The van der Waals surface area contributed by atoms with E-state index in [2.05, 4.69) is 10.1 Å². The van der Waals surface area contributed by atoms with E-state index < -0.39 is 23.5 Å². The first-order chi connectivity index (χ1) is 8.75. The summed E-state index contributed by atoms with van der Waals surface area (Å²) in [6.07, 6.45) is -4.81. The lowest BCUT2D eigenvalue weighted by atomic mass is 10.1. The molecule has 104 valence electrons. The fourth-order valence-corrected chi connectivity index (χ4v) is 1.41. The van der Waals surface area contributed by atoms with Crippen molar-refractivity contribution < 1.29 is 27.1 Å². The van der Waals surface area contributed by atoms with Crippen LogP contribution in [0.5, 0.6) is 0 Å². The van der Waals surface area contributed by atoms with E-state index in [-0.39, 0.29) is 17.1 Å². The van der Waals surface area contributed by atoms with E-state index in [1.165, 1.54) is 0 Å². The van der Waals surface area contributed by atoms with Gasteiger partial charge in [-0.3, -0.25) is 4.79 Å². The van der Waals surface area contributed by atoms with Crippen molar-refractivity contribution in [1.82, 2.24) is 5.32 Å². The summed E-state index contributed by atoms with van der Waals surface area (Å²) in [6.45, 7) is -0.284. The molecular weight excluding hydrogens is 286 g/mol. The van der Waals surface area contributed by atoms with Crippen molar-refractivity contribution >= 4 is 23.2 Å². The summed E-state index contributed by atoms with van der Waals surface area (Å²) in [4.78, 5) is 10.7. The number of carbonyl (C=O) groups excluding carboxylic acids is 1. The van der Waals surface area contributed by atoms with Gasteiger partial charge in [0.2, 0.25) is 0 Å². The highest BCUT2D eigenvalue weighted by Crippen LogP contribution is 2.31. The Kier molecular flexibility index (Phi) is 4.82. The number of benzene rings is 1. The Morgan fingerprint density at radius 1 is 1.42 bits per heavy atom. The zero-order valence-electron chi connectivity index (χ0n) is 9.68. The van der Waals surface area contributed by atoms with E-state index in [0.717, 1.165) is 13.2 Å². The van der Waals surface area contributed by atoms with E-state index in [4.69, 9.17) is 12.2 Å². The first-order valence-electron chi connectivity index (χ1n) is 4.97. The van der Waals surface area contributed by atoms with Crippen LogP contribution in [-0.2, 0) is 15.7 Å². The summed E-state index contributed by atoms with van der Waals surface area (Å²) >= 11 is 4.80. The summed E-state index contributed by atoms with van der Waals surface area (Å²) in [5.41, 5.74) is -1.44. The van der Waals surface area contributed by atoms with Crippen LogP contribution >= 0.6 is 12.2 Å². The van der Waals surface area contributed by atoms with E-state index in [9.17, 15) is 22.4 Å². The number of thiocarbonyl (C=S) groups is 1. The number of hydrogen-bond acceptors (Lipinski definition) is 3. The Bertz CT molecular complexity index is 502. The molecule has 19 heavy (non-hydrogen) atoms. The van der Waals surface area contributed by atoms with Crippen molar-refractivity contribution in [2.45, 2.75) is 6.18 Å². The summed E-state index contributed by atoms with van der Waals surface area (Å²) in [6, 6.07) is 2.35. The highest BCUT2D eigenvalue weighted by Gasteiger charge is 2.34. The predicted octanol–water partition coefficient (Wildman–Crippen LogP) is 2.28. The van der Waals surface area contributed by atoms with Crippen LogP contribution < -0.4 is 5.32 Å². The van der Waals surface area contributed by atoms with Gasteiger partial charge in [0.25, 0.3) is 0 Å². The van der Waals surface area contributed by atoms with Gasteiger partial charge < -0.3 is 10.1 Å². The number of nitrogens with one attached hydrogen (secondary N) is 1. The van der Waals surface area contributed by atoms with Crippen LogP contribution in [0, 0.1) is 5.82 Å². The summed E-state index contributed by atoms with van der Waals surface area (Å²) in [7, 11) is 1.16. The quantitative estimate of drug-likeness (QED) is 0.527. The zero-order valence-corrected chi connectivity index (χ0v) is 10.5. The number of ether oxygens (including phenoxy) is 1. The Morgan fingerprint density at radius 2 is 2.05 bits per heavy atom. The maximum absolute atomic E-state index is 13.0. The van der Waals surface area contributed by atoms with Crippen molar-refractivity contribution in [2.24, 2.45) is 0 Å². The standard InChI is InChI=1S/C11H9F4NO2S/c1-18-9(17)5-16-10(19)6-2-3-8(12)7(4-6)11(13,14)15/h2-4H,5H2,1H3,(H,16,19). The van der Waals surface area contributed by atoms with Gasteiger partial charge in [-0.05, 0) is 18.2 Å². The summed E-state index contributed by atoms with van der Waals surface area (Å²) in [5.74, 6) is -2.01. The Morgan fingerprint density at radius 3 is 2.58 bits per heavy atom. The van der Waals surface area contributed by atoms with Gasteiger partial charge in [0, 0.05) is 5.56 Å². The third kappa shape index (κ3) is 4.16. The summed E-state index contributed by atoms with van der Waals surface area (Å²) < 4.78 is 54.8. The molecule has 0 bridgehead atoms. The number of carbonyl (C=O) groups is 1. The third-order valence-corrected chi connectivity index (χ3v) is 2.53. The van der Waals surface area contributed by atoms with Crippen LogP contribution in [0.25, 0.3) is 0 Å². The number of halogens is 4. The van der Waals surface area contributed by atoms with E-state index in [0.29, 0.717) is 12.1 Å². The number of rotatable bonds is 3. The molecule has 0 aromatic heterocycles. The maximum Gasteiger partial charge on any atom is 0.419 e. The first kappa shape index (κ1) is 15.4. The number of hydrogen-bond donors (Lipinski definition) is 1. The molecule has 1 N–H and O–H groups in total. The molecule has 0 amide bonds. The van der Waals surface area contributed by atoms with Crippen molar-refractivity contribution in [3.63, 3.8) is 0 Å². The second-order valence-electron chi connectivity index (χ2n) is 3.45. The largest absolute Gasteiger partial charge is 0.468 e. The lowest BCUT2D eigenvalue weighted by Gasteiger charge is -2.11. The lowest BCUT2D eigenvalue weighted by molar-refractivity contribution is -0.140. The SMILES string of the molecule is COC(=O)CNC(=S)c1ccc(F)c(C(F)(F)F)c1. The predicted molar refractivity (Wildman–Crippen MR) is 63.1 cm³/mol. The van der Waals surface area contributed by atoms with Gasteiger partial charge in [-0.15, -0.1) is 0 Å². The fourth-order valence-electron chi connectivity index (χ4n) is 1.21. The fraction of sp³-hybridized carbons (Fsp3) is 0.273. The third-order valence-electron chi connectivity index (χ3n) is 2.15. The van der Waals surface area contributed by atoms with Crippen LogP contribution in [0.1, 0.15) is 11.1 Å². The molecule has 0 unspecified atom stereocenters. The molecule has 0 aliphatic heterocycles. The maximum atomic E-state index is 13.0. The first-order valence-corrected chi connectivity index (χ1v) is 5.38. The van der Waals surface area contributed by atoms with E-state index in [1.807, 2.05) is 0 Å².